The number of likely N-dealkylation sites (tertiary alicyclic amines) is 1. The molecule has 2 N–H and O–H groups in total. The van der Waals surface area contributed by atoms with Gasteiger partial charge in [0, 0.05) is 28.9 Å². The summed E-state index contributed by atoms with van der Waals surface area (Å²) < 4.78 is 0. The minimum atomic E-state index is 0.114. The number of halogens is 1. The number of piperidine rings is 1. The first-order valence-corrected chi connectivity index (χ1v) is 9.42. The van der Waals surface area contributed by atoms with Crippen LogP contribution < -0.4 is 5.73 Å². The lowest BCUT2D eigenvalue weighted by molar-refractivity contribution is 0.181. The van der Waals surface area contributed by atoms with Crippen molar-refractivity contribution in [1.29, 1.82) is 0 Å². The second kappa shape index (κ2) is 5.32. The van der Waals surface area contributed by atoms with Crippen LogP contribution in [-0.2, 0) is 5.41 Å². The van der Waals surface area contributed by atoms with Crippen molar-refractivity contribution in [2.75, 3.05) is 19.6 Å². The van der Waals surface area contributed by atoms with E-state index >= 15 is 0 Å². The molecule has 124 valence electrons. The first-order chi connectivity index (χ1) is 11.7. The van der Waals surface area contributed by atoms with Gasteiger partial charge in [-0.25, -0.2) is 0 Å². The van der Waals surface area contributed by atoms with E-state index in [0.717, 1.165) is 37.5 Å². The van der Waals surface area contributed by atoms with E-state index in [-0.39, 0.29) is 5.41 Å². The van der Waals surface area contributed by atoms with Crippen LogP contribution in [0.5, 0.6) is 0 Å². The lowest BCUT2D eigenvalue weighted by Crippen LogP contribution is -2.46. The number of nitrogens with zero attached hydrogens (tertiary/aromatic N) is 1. The highest BCUT2D eigenvalue weighted by Crippen LogP contribution is 2.60. The summed E-state index contributed by atoms with van der Waals surface area (Å²) in [4.78, 5) is 2.62. The van der Waals surface area contributed by atoms with Gasteiger partial charge in [-0.15, -0.1) is 0 Å². The second-order valence-corrected chi connectivity index (χ2v) is 8.21. The average Bonchev–Trinajstić information content (AvgIpc) is 3.09. The Hall–Kier alpha value is -1.35. The van der Waals surface area contributed by atoms with Gasteiger partial charge in [0.1, 0.15) is 0 Å². The Kier molecular flexibility index (Phi) is 3.31. The third-order valence-electron chi connectivity index (χ3n) is 6.44. The smallest absolute Gasteiger partial charge is 0.0409 e. The van der Waals surface area contributed by atoms with E-state index < -0.39 is 0 Å². The van der Waals surface area contributed by atoms with Crippen LogP contribution in [0, 0.1) is 0 Å². The van der Waals surface area contributed by atoms with Gasteiger partial charge in [0.25, 0.3) is 0 Å². The maximum Gasteiger partial charge on any atom is 0.0409 e. The Morgan fingerprint density at radius 2 is 1.79 bits per heavy atom. The molecule has 2 nitrogen and oxygen atoms in total. The molecule has 0 unspecified atom stereocenters. The molecule has 2 bridgehead atoms. The summed E-state index contributed by atoms with van der Waals surface area (Å²) in [7, 11) is 0. The van der Waals surface area contributed by atoms with E-state index in [1.54, 1.807) is 0 Å². The predicted octanol–water partition coefficient (Wildman–Crippen LogP) is 3.90. The summed E-state index contributed by atoms with van der Waals surface area (Å²) in [5.74, 6) is 0.542. The fourth-order valence-electron chi connectivity index (χ4n) is 5.31. The minimum absolute atomic E-state index is 0.114. The molecule has 1 fully saturated rings. The van der Waals surface area contributed by atoms with Crippen LogP contribution in [0.4, 0.5) is 0 Å². The van der Waals surface area contributed by atoms with Gasteiger partial charge in [-0.1, -0.05) is 41.9 Å². The molecular formula is C21H23ClN2. The Balaban J connectivity index is 1.60. The summed E-state index contributed by atoms with van der Waals surface area (Å²) in [5, 5.41) is 0.860. The fraction of sp³-hybridized carbons (Fsp3) is 0.429. The zero-order valence-corrected chi connectivity index (χ0v) is 14.6. The van der Waals surface area contributed by atoms with E-state index in [0.29, 0.717) is 12.0 Å². The van der Waals surface area contributed by atoms with Crippen LogP contribution in [0.15, 0.2) is 42.5 Å². The zero-order valence-electron chi connectivity index (χ0n) is 13.8. The minimum Gasteiger partial charge on any atom is -0.328 e. The first-order valence-electron chi connectivity index (χ1n) is 9.05. The third-order valence-corrected chi connectivity index (χ3v) is 6.67. The monoisotopic (exact) mass is 338 g/mol. The first kappa shape index (κ1) is 14.9. The van der Waals surface area contributed by atoms with Crippen LogP contribution in [-0.4, -0.2) is 30.6 Å². The molecule has 1 aliphatic heterocycles. The summed E-state index contributed by atoms with van der Waals surface area (Å²) in [5.41, 5.74) is 12.2. The number of hydrogen-bond donors (Lipinski definition) is 1. The molecule has 2 aromatic carbocycles. The highest BCUT2D eigenvalue weighted by Gasteiger charge is 2.53. The van der Waals surface area contributed by atoms with Crippen LogP contribution in [0.3, 0.4) is 0 Å². The topological polar surface area (TPSA) is 29.3 Å². The van der Waals surface area contributed by atoms with Gasteiger partial charge in [0.15, 0.2) is 0 Å². The molecule has 0 saturated carbocycles. The molecule has 0 aromatic heterocycles. The Morgan fingerprint density at radius 1 is 1.04 bits per heavy atom. The molecule has 2 aliphatic carbocycles. The lowest BCUT2D eigenvalue weighted by Gasteiger charge is -2.39. The fourth-order valence-corrected chi connectivity index (χ4v) is 5.48. The van der Waals surface area contributed by atoms with Crippen molar-refractivity contribution < 1.29 is 0 Å². The van der Waals surface area contributed by atoms with E-state index in [9.17, 15) is 0 Å². The maximum atomic E-state index is 6.38. The van der Waals surface area contributed by atoms with Gasteiger partial charge < -0.3 is 10.6 Å². The van der Waals surface area contributed by atoms with E-state index in [1.807, 2.05) is 0 Å². The zero-order chi connectivity index (χ0) is 16.3. The van der Waals surface area contributed by atoms with Crippen LogP contribution in [0.1, 0.15) is 47.4 Å². The maximum absolute atomic E-state index is 6.38. The number of nitrogens with two attached hydrogens (primary N) is 1. The normalized spacial score (nSPS) is 28.8. The quantitative estimate of drug-likeness (QED) is 0.899. The van der Waals surface area contributed by atoms with Crippen molar-refractivity contribution in [2.45, 2.75) is 36.6 Å². The van der Waals surface area contributed by atoms with Gasteiger partial charge in [0.2, 0.25) is 0 Å². The van der Waals surface area contributed by atoms with Crippen LogP contribution >= 0.6 is 11.6 Å². The standard InChI is InChI=1S/C21H23ClN2/c22-14-5-6-17-18-12-21(20(17)11-14,19-4-2-1-3-16(18)19)13-24-9-7-15(23)8-10-24/h1-6,11,15,18H,7-10,12-13,23H2/t18-,21+/m0/s1. The summed E-state index contributed by atoms with van der Waals surface area (Å²) >= 11 is 6.38. The van der Waals surface area contributed by atoms with Gasteiger partial charge in [-0.3, -0.25) is 0 Å². The van der Waals surface area contributed by atoms with Crippen molar-refractivity contribution in [3.8, 4) is 0 Å². The molecule has 5 rings (SSSR count). The number of benzene rings is 2. The summed E-state index contributed by atoms with van der Waals surface area (Å²) in [6.07, 6.45) is 3.43. The Labute approximate surface area is 148 Å². The lowest BCUT2D eigenvalue weighted by atomic mass is 9.74. The molecule has 3 heteroatoms. The summed E-state index contributed by atoms with van der Waals surface area (Å²) in [6, 6.07) is 16.0. The molecule has 1 saturated heterocycles. The van der Waals surface area contributed by atoms with E-state index in [1.165, 1.54) is 28.7 Å². The summed E-state index contributed by atoms with van der Waals surface area (Å²) in [6.45, 7) is 3.33. The highest BCUT2D eigenvalue weighted by molar-refractivity contribution is 6.30. The number of fused-ring (bicyclic) bond motifs is 8. The SMILES string of the molecule is NC1CCN(C[C@]23C[C@@H](c4ccccc42)c2ccc(Cl)cc23)CC1. The van der Waals surface area contributed by atoms with Crippen molar-refractivity contribution in [1.82, 2.24) is 4.90 Å². The van der Waals surface area contributed by atoms with Crippen molar-refractivity contribution in [2.24, 2.45) is 5.73 Å². The van der Waals surface area contributed by atoms with Crippen LogP contribution in [0.25, 0.3) is 0 Å². The molecule has 2 atom stereocenters. The third kappa shape index (κ3) is 2.03. The number of hydrogen-bond acceptors (Lipinski definition) is 2. The van der Waals surface area contributed by atoms with Gasteiger partial charge in [-0.2, -0.15) is 0 Å². The predicted molar refractivity (Wildman–Crippen MR) is 98.8 cm³/mol. The van der Waals surface area contributed by atoms with Gasteiger partial charge in [0.05, 0.1) is 0 Å². The largest absolute Gasteiger partial charge is 0.328 e. The molecule has 24 heavy (non-hydrogen) atoms. The van der Waals surface area contributed by atoms with Gasteiger partial charge in [-0.05, 0) is 66.7 Å². The molecule has 0 spiro atoms. The molecule has 0 radical (unpaired) electrons. The number of rotatable bonds is 2. The molecule has 3 aliphatic rings. The van der Waals surface area contributed by atoms with Crippen molar-refractivity contribution >= 4 is 11.6 Å². The van der Waals surface area contributed by atoms with Gasteiger partial charge >= 0.3 is 0 Å². The average molecular weight is 339 g/mol. The molecule has 1 heterocycles. The van der Waals surface area contributed by atoms with Crippen molar-refractivity contribution in [3.05, 3.63) is 69.7 Å². The molecule has 0 amide bonds. The van der Waals surface area contributed by atoms with E-state index in [2.05, 4.69) is 47.4 Å². The van der Waals surface area contributed by atoms with E-state index in [4.69, 9.17) is 17.3 Å². The molecule has 2 aromatic rings. The van der Waals surface area contributed by atoms with Crippen molar-refractivity contribution in [3.63, 3.8) is 0 Å². The Bertz CT molecular complexity index is 794. The Morgan fingerprint density at radius 3 is 2.62 bits per heavy atom. The second-order valence-electron chi connectivity index (χ2n) is 7.77. The highest BCUT2D eigenvalue weighted by atomic mass is 35.5. The van der Waals surface area contributed by atoms with Crippen LogP contribution in [0.2, 0.25) is 5.02 Å². The molecular weight excluding hydrogens is 316 g/mol.